The van der Waals surface area contributed by atoms with Gasteiger partial charge in [0.1, 0.15) is 5.60 Å². The van der Waals surface area contributed by atoms with Gasteiger partial charge in [0.25, 0.3) is 0 Å². The van der Waals surface area contributed by atoms with Crippen LogP contribution in [0.4, 0.5) is 0 Å². The Morgan fingerprint density at radius 3 is 2.27 bits per heavy atom. The maximum Gasteiger partial charge on any atom is 0.310 e. The quantitative estimate of drug-likeness (QED) is 0.668. The van der Waals surface area contributed by atoms with Crippen molar-refractivity contribution in [1.29, 1.82) is 0 Å². The molecule has 0 saturated heterocycles. The van der Waals surface area contributed by atoms with Gasteiger partial charge in [0.2, 0.25) is 0 Å². The summed E-state index contributed by atoms with van der Waals surface area (Å²) in [4.78, 5) is 11.9. The molecular weight excluding hydrogens is 188 g/mol. The Morgan fingerprint density at radius 2 is 1.87 bits per heavy atom. The van der Waals surface area contributed by atoms with Gasteiger partial charge in [0, 0.05) is 0 Å². The molecule has 2 rings (SSSR count). The Morgan fingerprint density at radius 1 is 1.33 bits per heavy atom. The number of ether oxygens (including phenoxy) is 1. The molecule has 2 fully saturated rings. The van der Waals surface area contributed by atoms with Gasteiger partial charge in [-0.3, -0.25) is 4.79 Å². The molecular formula is C13H22O2. The zero-order valence-corrected chi connectivity index (χ0v) is 10.1. The van der Waals surface area contributed by atoms with Crippen LogP contribution in [-0.2, 0) is 9.53 Å². The molecule has 1 unspecified atom stereocenters. The average molecular weight is 210 g/mol. The van der Waals surface area contributed by atoms with Crippen LogP contribution in [0.15, 0.2) is 0 Å². The minimum atomic E-state index is -0.101. The topological polar surface area (TPSA) is 26.3 Å². The first-order valence-electron chi connectivity index (χ1n) is 6.22. The van der Waals surface area contributed by atoms with Crippen molar-refractivity contribution in [3.63, 3.8) is 0 Å². The average Bonchev–Trinajstić information content (AvgIpc) is 2.64. The summed E-state index contributed by atoms with van der Waals surface area (Å²) < 4.78 is 5.77. The molecule has 2 nitrogen and oxygen atoms in total. The molecule has 0 heterocycles. The molecule has 0 aromatic rings. The fraction of sp³-hybridized carbons (Fsp3) is 0.923. The third kappa shape index (κ3) is 2.04. The van der Waals surface area contributed by atoms with Gasteiger partial charge >= 0.3 is 5.97 Å². The molecule has 0 aliphatic heterocycles. The van der Waals surface area contributed by atoms with Crippen molar-refractivity contribution in [1.82, 2.24) is 0 Å². The second-order valence-electron chi connectivity index (χ2n) is 5.91. The molecule has 2 aliphatic rings. The van der Waals surface area contributed by atoms with Crippen LogP contribution >= 0.6 is 0 Å². The molecule has 2 aliphatic carbocycles. The third-order valence-corrected chi connectivity index (χ3v) is 4.27. The first-order chi connectivity index (χ1) is 6.99. The highest BCUT2D eigenvalue weighted by Crippen LogP contribution is 2.53. The summed E-state index contributed by atoms with van der Waals surface area (Å²) in [5.74, 6) is 0.227. The van der Waals surface area contributed by atoms with Crippen molar-refractivity contribution in [2.45, 2.75) is 64.9 Å². The molecule has 0 aromatic heterocycles. The Kier molecular flexibility index (Phi) is 2.56. The number of rotatable bonds is 3. The number of carbonyl (C=O) groups is 1. The lowest BCUT2D eigenvalue weighted by molar-refractivity contribution is -0.162. The smallest absolute Gasteiger partial charge is 0.310 e. The number of esters is 1. The summed E-state index contributed by atoms with van der Waals surface area (Å²) in [5, 5.41) is 0. The van der Waals surface area contributed by atoms with Crippen molar-refractivity contribution in [2.75, 3.05) is 0 Å². The Labute approximate surface area is 92.4 Å². The highest BCUT2D eigenvalue weighted by atomic mass is 16.6. The van der Waals surface area contributed by atoms with Gasteiger partial charge in [-0.15, -0.1) is 0 Å². The molecule has 15 heavy (non-hydrogen) atoms. The van der Waals surface area contributed by atoms with Crippen molar-refractivity contribution >= 4 is 5.97 Å². The van der Waals surface area contributed by atoms with Gasteiger partial charge in [-0.2, -0.15) is 0 Å². The van der Waals surface area contributed by atoms with Crippen LogP contribution in [0.5, 0.6) is 0 Å². The number of hydrogen-bond acceptors (Lipinski definition) is 2. The van der Waals surface area contributed by atoms with Gasteiger partial charge < -0.3 is 4.74 Å². The Hall–Kier alpha value is -0.530. The SMILES string of the molecule is CCC1(OC(=O)C2CC2(C)C)CCCC1. The predicted molar refractivity (Wildman–Crippen MR) is 59.5 cm³/mol. The summed E-state index contributed by atoms with van der Waals surface area (Å²) in [6.07, 6.45) is 6.56. The van der Waals surface area contributed by atoms with E-state index in [9.17, 15) is 4.79 Å². The van der Waals surface area contributed by atoms with Crippen LogP contribution in [0.25, 0.3) is 0 Å². The highest BCUT2D eigenvalue weighted by molar-refractivity contribution is 5.77. The third-order valence-electron chi connectivity index (χ3n) is 4.27. The van der Waals surface area contributed by atoms with Gasteiger partial charge in [-0.05, 0) is 43.9 Å². The Bertz CT molecular complexity index is 262. The van der Waals surface area contributed by atoms with Crippen LogP contribution in [0.3, 0.4) is 0 Å². The molecule has 0 spiro atoms. The molecule has 1 atom stereocenters. The van der Waals surface area contributed by atoms with E-state index in [-0.39, 0.29) is 22.9 Å². The first-order valence-corrected chi connectivity index (χ1v) is 6.22. The predicted octanol–water partition coefficient (Wildman–Crippen LogP) is 3.30. The lowest BCUT2D eigenvalue weighted by Gasteiger charge is -2.28. The highest BCUT2D eigenvalue weighted by Gasteiger charge is 2.53. The van der Waals surface area contributed by atoms with E-state index >= 15 is 0 Å². The zero-order chi connectivity index (χ0) is 11.1. The first kappa shape index (κ1) is 11.0. The number of hydrogen-bond donors (Lipinski definition) is 0. The molecule has 2 saturated carbocycles. The molecule has 2 heteroatoms. The van der Waals surface area contributed by atoms with E-state index in [4.69, 9.17) is 4.74 Å². The summed E-state index contributed by atoms with van der Waals surface area (Å²) in [7, 11) is 0. The van der Waals surface area contributed by atoms with Crippen molar-refractivity contribution in [3.8, 4) is 0 Å². The van der Waals surface area contributed by atoms with Crippen LogP contribution in [0.1, 0.15) is 59.3 Å². The summed E-state index contributed by atoms with van der Waals surface area (Å²) in [6, 6.07) is 0. The van der Waals surface area contributed by atoms with E-state index in [0.717, 1.165) is 25.7 Å². The normalized spacial score (nSPS) is 31.3. The monoisotopic (exact) mass is 210 g/mol. The lowest BCUT2D eigenvalue weighted by atomic mass is 9.98. The van der Waals surface area contributed by atoms with Crippen molar-refractivity contribution < 1.29 is 9.53 Å². The zero-order valence-electron chi connectivity index (χ0n) is 10.1. The number of carbonyl (C=O) groups excluding carboxylic acids is 1. The fourth-order valence-corrected chi connectivity index (χ4v) is 2.70. The van der Waals surface area contributed by atoms with Crippen LogP contribution in [0.2, 0.25) is 0 Å². The largest absolute Gasteiger partial charge is 0.459 e. The van der Waals surface area contributed by atoms with E-state index in [2.05, 4.69) is 20.8 Å². The molecule has 0 N–H and O–H groups in total. The van der Waals surface area contributed by atoms with Gasteiger partial charge in [-0.25, -0.2) is 0 Å². The summed E-state index contributed by atoms with van der Waals surface area (Å²) in [6.45, 7) is 6.43. The van der Waals surface area contributed by atoms with E-state index in [1.165, 1.54) is 12.8 Å². The van der Waals surface area contributed by atoms with E-state index in [1.807, 2.05) is 0 Å². The molecule has 0 bridgehead atoms. The second-order valence-corrected chi connectivity index (χ2v) is 5.91. The molecule has 0 amide bonds. The standard InChI is InChI=1S/C13H22O2/c1-4-13(7-5-6-8-13)15-11(14)10-9-12(10,2)3/h10H,4-9H2,1-3H3. The van der Waals surface area contributed by atoms with Crippen molar-refractivity contribution in [2.24, 2.45) is 11.3 Å². The van der Waals surface area contributed by atoms with Gasteiger partial charge in [0.15, 0.2) is 0 Å². The maximum atomic E-state index is 11.9. The van der Waals surface area contributed by atoms with Crippen LogP contribution in [0, 0.1) is 11.3 Å². The fourth-order valence-electron chi connectivity index (χ4n) is 2.70. The van der Waals surface area contributed by atoms with E-state index < -0.39 is 0 Å². The molecule has 0 aromatic carbocycles. The molecule has 0 radical (unpaired) electrons. The van der Waals surface area contributed by atoms with Gasteiger partial charge in [-0.1, -0.05) is 20.8 Å². The minimum absolute atomic E-state index is 0.0590. The summed E-state index contributed by atoms with van der Waals surface area (Å²) in [5.41, 5.74) is 0.0976. The van der Waals surface area contributed by atoms with Crippen molar-refractivity contribution in [3.05, 3.63) is 0 Å². The van der Waals surface area contributed by atoms with Crippen LogP contribution < -0.4 is 0 Å². The molecule has 86 valence electrons. The Balaban J connectivity index is 1.93. The van der Waals surface area contributed by atoms with Crippen LogP contribution in [-0.4, -0.2) is 11.6 Å². The lowest BCUT2D eigenvalue weighted by Crippen LogP contribution is -2.32. The van der Waals surface area contributed by atoms with E-state index in [0.29, 0.717) is 0 Å². The minimum Gasteiger partial charge on any atom is -0.459 e. The maximum absolute atomic E-state index is 11.9. The van der Waals surface area contributed by atoms with E-state index in [1.54, 1.807) is 0 Å². The summed E-state index contributed by atoms with van der Waals surface area (Å²) >= 11 is 0. The second kappa shape index (κ2) is 3.50. The van der Waals surface area contributed by atoms with Gasteiger partial charge in [0.05, 0.1) is 5.92 Å².